The van der Waals surface area contributed by atoms with E-state index in [0.29, 0.717) is 45.8 Å². The number of piperidine rings is 2. The number of nitrogens with one attached hydrogen (secondary N) is 1. The number of amides is 1. The van der Waals surface area contributed by atoms with Crippen molar-refractivity contribution in [1.29, 1.82) is 0 Å². The van der Waals surface area contributed by atoms with Crippen molar-refractivity contribution < 1.29 is 14.6 Å². The summed E-state index contributed by atoms with van der Waals surface area (Å²) in [6.45, 7) is 4.33. The first-order chi connectivity index (χ1) is 22.0. The first kappa shape index (κ1) is 29.3. The lowest BCUT2D eigenvalue weighted by molar-refractivity contribution is -0.141. The van der Waals surface area contributed by atoms with Crippen LogP contribution in [0.2, 0.25) is 0 Å². The van der Waals surface area contributed by atoms with Gasteiger partial charge in [0.05, 0.1) is 11.3 Å². The molecule has 3 aliphatic rings. The van der Waals surface area contributed by atoms with E-state index in [1.54, 1.807) is 0 Å². The number of nitrogens with zero attached hydrogens (tertiary/aromatic N) is 4. The van der Waals surface area contributed by atoms with E-state index < -0.39 is 5.60 Å². The largest absolute Gasteiger partial charge is 0.489 e. The van der Waals surface area contributed by atoms with Crippen LogP contribution in [0, 0.1) is 5.92 Å². The minimum Gasteiger partial charge on any atom is -0.489 e. The Morgan fingerprint density at radius 1 is 0.978 bits per heavy atom. The lowest BCUT2D eigenvalue weighted by Crippen LogP contribution is -2.54. The summed E-state index contributed by atoms with van der Waals surface area (Å²) in [7, 11) is 0. The summed E-state index contributed by atoms with van der Waals surface area (Å²) in [6, 6.07) is 30.7. The van der Waals surface area contributed by atoms with Gasteiger partial charge in [-0.2, -0.15) is 0 Å². The van der Waals surface area contributed by atoms with Crippen LogP contribution in [0.3, 0.4) is 0 Å². The number of carbonyl (C=O) groups excluding carboxylic acids is 1. The number of rotatable bonds is 8. The highest BCUT2D eigenvalue weighted by molar-refractivity contribution is 5.80. The van der Waals surface area contributed by atoms with Crippen molar-refractivity contribution >= 4 is 12.1 Å². The maximum atomic E-state index is 13.7. The number of carbonyl (C=O) groups is 1. The molecule has 2 saturated heterocycles. The van der Waals surface area contributed by atoms with Gasteiger partial charge in [0, 0.05) is 61.7 Å². The molecule has 3 aliphatic heterocycles. The topological polar surface area (TPSA) is 82.3 Å². The molecular formula is C37H41N5O3. The van der Waals surface area contributed by atoms with Crippen LogP contribution in [0.1, 0.15) is 36.3 Å². The summed E-state index contributed by atoms with van der Waals surface area (Å²) in [4.78, 5) is 22.7. The third kappa shape index (κ3) is 6.53. The van der Waals surface area contributed by atoms with Gasteiger partial charge in [-0.15, -0.1) is 0 Å². The molecule has 2 N–H and O–H groups in total. The van der Waals surface area contributed by atoms with Crippen LogP contribution in [-0.4, -0.2) is 70.4 Å². The molecule has 4 heterocycles. The fraction of sp³-hybridized carbons (Fsp3) is 0.351. The van der Waals surface area contributed by atoms with Gasteiger partial charge in [0.15, 0.2) is 0 Å². The molecule has 0 bridgehead atoms. The van der Waals surface area contributed by atoms with Crippen LogP contribution in [0.15, 0.2) is 102 Å². The van der Waals surface area contributed by atoms with Gasteiger partial charge in [0.25, 0.3) is 0 Å². The van der Waals surface area contributed by atoms with Crippen molar-refractivity contribution in [2.24, 2.45) is 10.9 Å². The smallest absolute Gasteiger partial charge is 0.226 e. The van der Waals surface area contributed by atoms with E-state index >= 15 is 0 Å². The highest BCUT2D eigenvalue weighted by Crippen LogP contribution is 2.33. The van der Waals surface area contributed by atoms with E-state index in [9.17, 15) is 9.90 Å². The van der Waals surface area contributed by atoms with E-state index in [1.165, 1.54) is 5.56 Å². The Morgan fingerprint density at radius 2 is 1.76 bits per heavy atom. The summed E-state index contributed by atoms with van der Waals surface area (Å²) >= 11 is 0. The Kier molecular flexibility index (Phi) is 8.41. The summed E-state index contributed by atoms with van der Waals surface area (Å²) in [6.07, 6.45) is 6.11. The number of fused-ring (bicyclic) bond motifs is 1. The third-order valence-corrected chi connectivity index (χ3v) is 9.49. The number of β-amino-alcohol motifs (C(OH)–C–C–N with tert-alkyl or cyclic N) is 1. The van der Waals surface area contributed by atoms with Crippen molar-refractivity contribution in [2.45, 2.75) is 37.4 Å². The minimum absolute atomic E-state index is 0.0207. The second kappa shape index (κ2) is 12.9. The average molecular weight is 604 g/mol. The van der Waals surface area contributed by atoms with Gasteiger partial charge in [-0.3, -0.25) is 4.79 Å². The average Bonchev–Trinajstić information content (AvgIpc) is 3.52. The van der Waals surface area contributed by atoms with Crippen LogP contribution >= 0.6 is 0 Å². The summed E-state index contributed by atoms with van der Waals surface area (Å²) in [5, 5.41) is 16.1. The number of hydrogen-bond acceptors (Lipinski definition) is 6. The lowest BCUT2D eigenvalue weighted by Gasteiger charge is -2.43. The minimum atomic E-state index is -0.861. The molecule has 0 radical (unpaired) electrons. The Balaban J connectivity index is 0.978. The standard InChI is InChI=1S/C37H41N5O3/c43-36(33-14-18-38-23-34(33)29-10-5-2-6-11-29)41-20-16-37(44,17-21-41)26-40-24-30-15-19-42(35(30)39-27-40)31-12-7-13-32(22-31)45-25-28-8-3-1-4-9-28/h1-13,15,19,22,24,33-34,38,44H,14,16-18,20-21,23,25-27H2/t33-,34+/m1/s1. The Morgan fingerprint density at radius 3 is 2.56 bits per heavy atom. The summed E-state index contributed by atoms with van der Waals surface area (Å²) in [5.41, 5.74) is 3.38. The van der Waals surface area contributed by atoms with Crippen LogP contribution in [0.4, 0.5) is 0 Å². The first-order valence-corrected chi connectivity index (χ1v) is 16.1. The van der Waals surface area contributed by atoms with Crippen LogP contribution in [0.25, 0.3) is 11.9 Å². The summed E-state index contributed by atoms with van der Waals surface area (Å²) in [5.74, 6) is 1.20. The van der Waals surface area contributed by atoms with E-state index in [2.05, 4.69) is 69.5 Å². The predicted octanol–water partition coefficient (Wildman–Crippen LogP) is 3.43. The Hall–Kier alpha value is -4.40. The zero-order valence-electron chi connectivity index (χ0n) is 25.6. The Labute approximate surface area is 264 Å². The quantitative estimate of drug-likeness (QED) is 0.323. The third-order valence-electron chi connectivity index (χ3n) is 9.49. The molecule has 8 nitrogen and oxygen atoms in total. The number of likely N-dealkylation sites (tertiary alicyclic amines) is 1. The highest BCUT2D eigenvalue weighted by atomic mass is 16.5. The number of ether oxygens (including phenoxy) is 1. The molecule has 0 unspecified atom stereocenters. The van der Waals surface area contributed by atoms with Crippen molar-refractivity contribution in [1.82, 2.24) is 19.7 Å². The van der Waals surface area contributed by atoms with Crippen molar-refractivity contribution in [3.05, 3.63) is 119 Å². The number of aliphatic hydroxyl groups is 1. The molecule has 2 atom stereocenters. The number of hydrogen-bond donors (Lipinski definition) is 2. The zero-order valence-corrected chi connectivity index (χ0v) is 25.6. The van der Waals surface area contributed by atoms with Crippen LogP contribution in [0.5, 0.6) is 5.75 Å². The molecule has 3 aromatic carbocycles. The molecule has 4 aromatic rings. The Bertz CT molecular complexity index is 1730. The van der Waals surface area contributed by atoms with Crippen molar-refractivity contribution in [3.8, 4) is 11.4 Å². The van der Waals surface area contributed by atoms with Crippen LogP contribution < -0.4 is 20.8 Å². The van der Waals surface area contributed by atoms with Gasteiger partial charge in [0.1, 0.15) is 24.5 Å². The zero-order chi connectivity index (χ0) is 30.6. The summed E-state index contributed by atoms with van der Waals surface area (Å²) < 4.78 is 8.14. The van der Waals surface area contributed by atoms with Crippen molar-refractivity contribution in [2.75, 3.05) is 39.4 Å². The van der Waals surface area contributed by atoms with Gasteiger partial charge in [-0.05, 0) is 55.1 Å². The second-order valence-electron chi connectivity index (χ2n) is 12.6. The van der Waals surface area contributed by atoms with E-state index in [-0.39, 0.29) is 17.7 Å². The molecule has 1 amide bonds. The van der Waals surface area contributed by atoms with Gasteiger partial charge < -0.3 is 29.5 Å². The maximum Gasteiger partial charge on any atom is 0.226 e. The van der Waals surface area contributed by atoms with E-state index in [1.807, 2.05) is 53.6 Å². The first-order valence-electron chi connectivity index (χ1n) is 16.1. The monoisotopic (exact) mass is 603 g/mol. The number of benzene rings is 3. The molecule has 0 spiro atoms. The molecule has 45 heavy (non-hydrogen) atoms. The molecule has 0 saturated carbocycles. The van der Waals surface area contributed by atoms with Gasteiger partial charge in [-0.25, -0.2) is 4.99 Å². The van der Waals surface area contributed by atoms with Crippen LogP contribution in [-0.2, 0) is 11.4 Å². The second-order valence-corrected chi connectivity index (χ2v) is 12.6. The van der Waals surface area contributed by atoms with E-state index in [0.717, 1.165) is 47.2 Å². The fourth-order valence-corrected chi connectivity index (χ4v) is 6.99. The fourth-order valence-electron chi connectivity index (χ4n) is 6.99. The van der Waals surface area contributed by atoms with Gasteiger partial charge in [0.2, 0.25) is 5.91 Å². The van der Waals surface area contributed by atoms with Crippen molar-refractivity contribution in [3.63, 3.8) is 0 Å². The maximum absolute atomic E-state index is 13.7. The molecule has 1 aromatic heterocycles. The van der Waals surface area contributed by atoms with E-state index in [4.69, 9.17) is 9.73 Å². The molecular weight excluding hydrogens is 562 g/mol. The normalized spacial score (nSPS) is 20.9. The SMILES string of the molecule is O=C([C@@H]1CCNC[C@H]1c1ccccc1)N1CCC(O)(CN2C=c3ccn(-c4cccc(OCc5ccccc5)c4)c3=NC2)CC1. The lowest BCUT2D eigenvalue weighted by atomic mass is 9.80. The molecule has 7 rings (SSSR count). The highest BCUT2D eigenvalue weighted by Gasteiger charge is 2.39. The van der Waals surface area contributed by atoms with Gasteiger partial charge >= 0.3 is 0 Å². The molecule has 8 heteroatoms. The predicted molar refractivity (Wildman–Crippen MR) is 174 cm³/mol. The number of aromatic nitrogens is 1. The molecule has 232 valence electrons. The molecule has 2 fully saturated rings. The molecule has 0 aliphatic carbocycles. The van der Waals surface area contributed by atoms with Gasteiger partial charge in [-0.1, -0.05) is 66.7 Å².